The van der Waals surface area contributed by atoms with Crippen LogP contribution in [0, 0.1) is 5.92 Å². The van der Waals surface area contributed by atoms with Crippen molar-refractivity contribution >= 4 is 5.91 Å². The summed E-state index contributed by atoms with van der Waals surface area (Å²) in [5, 5.41) is 3.31. The number of primary amides is 1. The fourth-order valence-corrected chi connectivity index (χ4v) is 2.64. The third-order valence-electron chi connectivity index (χ3n) is 3.57. The monoisotopic (exact) mass is 198 g/mol. The molecule has 0 aromatic heterocycles. The topological polar surface area (TPSA) is 55.1 Å². The molecule has 14 heavy (non-hydrogen) atoms. The van der Waals surface area contributed by atoms with E-state index in [0.29, 0.717) is 6.42 Å². The number of carbonyl (C=O) groups excluding carboxylic acids is 1. The predicted octanol–water partition coefficient (Wildman–Crippen LogP) is 1.42. The standard InChI is InChI=1S/C11H22N2O/c1-3-9-5-4-6-11(7-9,13-2)8-10(12)14/h9,13H,3-8H2,1-2H3,(H2,12,14). The lowest BCUT2D eigenvalue weighted by Crippen LogP contribution is -2.49. The van der Waals surface area contributed by atoms with Gasteiger partial charge in [-0.05, 0) is 25.8 Å². The zero-order chi connectivity index (χ0) is 10.6. The van der Waals surface area contributed by atoms with Gasteiger partial charge < -0.3 is 11.1 Å². The molecule has 0 aromatic rings. The van der Waals surface area contributed by atoms with Crippen LogP contribution in [0.5, 0.6) is 0 Å². The van der Waals surface area contributed by atoms with Gasteiger partial charge in [-0.2, -0.15) is 0 Å². The fourth-order valence-electron chi connectivity index (χ4n) is 2.64. The first-order valence-corrected chi connectivity index (χ1v) is 5.59. The molecule has 0 spiro atoms. The number of nitrogens with two attached hydrogens (primary N) is 1. The van der Waals surface area contributed by atoms with Crippen molar-refractivity contribution in [3.63, 3.8) is 0 Å². The Labute approximate surface area is 86.4 Å². The highest BCUT2D eigenvalue weighted by Crippen LogP contribution is 2.35. The summed E-state index contributed by atoms with van der Waals surface area (Å²) in [5.74, 6) is 0.576. The minimum absolute atomic E-state index is 0.00917. The Kier molecular flexibility index (Phi) is 3.93. The van der Waals surface area contributed by atoms with E-state index in [9.17, 15) is 4.79 Å². The Morgan fingerprint density at radius 3 is 2.86 bits per heavy atom. The summed E-state index contributed by atoms with van der Waals surface area (Å²) in [6, 6.07) is 0. The minimum atomic E-state index is -0.184. The zero-order valence-corrected chi connectivity index (χ0v) is 9.31. The molecule has 0 aromatic carbocycles. The van der Waals surface area contributed by atoms with E-state index in [1.807, 2.05) is 7.05 Å². The van der Waals surface area contributed by atoms with E-state index in [4.69, 9.17) is 5.73 Å². The van der Waals surface area contributed by atoms with Crippen LogP contribution in [0.3, 0.4) is 0 Å². The first-order valence-electron chi connectivity index (χ1n) is 5.59. The molecule has 82 valence electrons. The highest BCUT2D eigenvalue weighted by Gasteiger charge is 2.35. The van der Waals surface area contributed by atoms with Crippen LogP contribution in [0.1, 0.15) is 45.4 Å². The number of hydrogen-bond donors (Lipinski definition) is 2. The van der Waals surface area contributed by atoms with Crippen LogP contribution in [0.2, 0.25) is 0 Å². The second-order valence-corrected chi connectivity index (χ2v) is 4.54. The number of amides is 1. The molecule has 3 heteroatoms. The van der Waals surface area contributed by atoms with E-state index in [1.165, 1.54) is 19.3 Å². The van der Waals surface area contributed by atoms with Gasteiger partial charge in [0.1, 0.15) is 0 Å². The van der Waals surface area contributed by atoms with Crippen LogP contribution in [-0.4, -0.2) is 18.5 Å². The van der Waals surface area contributed by atoms with Crippen molar-refractivity contribution in [2.45, 2.75) is 51.0 Å². The summed E-state index contributed by atoms with van der Waals surface area (Å²) < 4.78 is 0. The van der Waals surface area contributed by atoms with Crippen LogP contribution < -0.4 is 11.1 Å². The van der Waals surface area contributed by atoms with Crippen molar-refractivity contribution in [3.8, 4) is 0 Å². The number of rotatable bonds is 4. The van der Waals surface area contributed by atoms with E-state index in [2.05, 4.69) is 12.2 Å². The summed E-state index contributed by atoms with van der Waals surface area (Å²) in [6.45, 7) is 2.22. The molecular formula is C11H22N2O. The third-order valence-corrected chi connectivity index (χ3v) is 3.57. The van der Waals surface area contributed by atoms with Gasteiger partial charge in [-0.25, -0.2) is 0 Å². The van der Waals surface area contributed by atoms with Crippen molar-refractivity contribution < 1.29 is 4.79 Å². The van der Waals surface area contributed by atoms with Gasteiger partial charge in [0.15, 0.2) is 0 Å². The van der Waals surface area contributed by atoms with Gasteiger partial charge in [0.25, 0.3) is 0 Å². The normalized spacial score (nSPS) is 32.9. The number of nitrogens with one attached hydrogen (secondary N) is 1. The highest BCUT2D eigenvalue weighted by atomic mass is 16.1. The largest absolute Gasteiger partial charge is 0.370 e. The minimum Gasteiger partial charge on any atom is -0.370 e. The first-order chi connectivity index (χ1) is 6.62. The van der Waals surface area contributed by atoms with Crippen molar-refractivity contribution in [1.29, 1.82) is 0 Å². The molecule has 1 aliphatic carbocycles. The smallest absolute Gasteiger partial charge is 0.219 e. The van der Waals surface area contributed by atoms with Gasteiger partial charge in [0.2, 0.25) is 5.91 Å². The van der Waals surface area contributed by atoms with Crippen molar-refractivity contribution in [1.82, 2.24) is 5.32 Å². The average molecular weight is 198 g/mol. The quantitative estimate of drug-likeness (QED) is 0.718. The van der Waals surface area contributed by atoms with Crippen LogP contribution in [0.4, 0.5) is 0 Å². The Morgan fingerprint density at radius 1 is 1.64 bits per heavy atom. The van der Waals surface area contributed by atoms with E-state index >= 15 is 0 Å². The van der Waals surface area contributed by atoms with Gasteiger partial charge in [-0.3, -0.25) is 4.79 Å². The molecule has 0 aliphatic heterocycles. The molecular weight excluding hydrogens is 176 g/mol. The van der Waals surface area contributed by atoms with Crippen LogP contribution >= 0.6 is 0 Å². The number of hydrogen-bond acceptors (Lipinski definition) is 2. The van der Waals surface area contributed by atoms with Crippen LogP contribution in [-0.2, 0) is 4.79 Å². The molecule has 1 fully saturated rings. The molecule has 3 nitrogen and oxygen atoms in total. The molecule has 0 radical (unpaired) electrons. The second kappa shape index (κ2) is 4.78. The molecule has 2 atom stereocenters. The van der Waals surface area contributed by atoms with E-state index < -0.39 is 0 Å². The van der Waals surface area contributed by atoms with E-state index in [0.717, 1.165) is 18.8 Å². The maximum atomic E-state index is 11.0. The number of carbonyl (C=O) groups is 1. The molecule has 0 saturated heterocycles. The molecule has 1 amide bonds. The molecule has 1 aliphatic rings. The molecule has 1 rings (SSSR count). The summed E-state index contributed by atoms with van der Waals surface area (Å²) in [5.41, 5.74) is 5.28. The molecule has 0 heterocycles. The highest BCUT2D eigenvalue weighted by molar-refractivity contribution is 5.75. The van der Waals surface area contributed by atoms with Crippen LogP contribution in [0.15, 0.2) is 0 Å². The lowest BCUT2D eigenvalue weighted by atomic mass is 9.73. The lowest BCUT2D eigenvalue weighted by Gasteiger charge is -2.40. The van der Waals surface area contributed by atoms with Gasteiger partial charge in [0.05, 0.1) is 0 Å². The van der Waals surface area contributed by atoms with Crippen molar-refractivity contribution in [2.75, 3.05) is 7.05 Å². The van der Waals surface area contributed by atoms with Gasteiger partial charge in [-0.15, -0.1) is 0 Å². The Bertz CT molecular complexity index is 205. The van der Waals surface area contributed by atoms with Crippen molar-refractivity contribution in [3.05, 3.63) is 0 Å². The summed E-state index contributed by atoms with van der Waals surface area (Å²) in [4.78, 5) is 11.0. The van der Waals surface area contributed by atoms with Gasteiger partial charge in [0, 0.05) is 12.0 Å². The second-order valence-electron chi connectivity index (χ2n) is 4.54. The summed E-state index contributed by atoms with van der Waals surface area (Å²) in [6.07, 6.45) is 6.40. The van der Waals surface area contributed by atoms with E-state index in [-0.39, 0.29) is 11.4 Å². The SMILES string of the molecule is CCC1CCCC(CC(N)=O)(NC)C1. The molecule has 1 saturated carbocycles. The lowest BCUT2D eigenvalue weighted by molar-refractivity contribution is -0.119. The third kappa shape index (κ3) is 2.71. The van der Waals surface area contributed by atoms with Gasteiger partial charge in [-0.1, -0.05) is 26.2 Å². The Morgan fingerprint density at radius 2 is 2.36 bits per heavy atom. The fraction of sp³-hybridized carbons (Fsp3) is 0.909. The Balaban J connectivity index is 2.62. The molecule has 0 bridgehead atoms. The van der Waals surface area contributed by atoms with Crippen molar-refractivity contribution in [2.24, 2.45) is 11.7 Å². The average Bonchev–Trinajstić information content (AvgIpc) is 2.17. The first kappa shape index (κ1) is 11.5. The maximum Gasteiger partial charge on any atom is 0.219 e. The summed E-state index contributed by atoms with van der Waals surface area (Å²) in [7, 11) is 1.95. The zero-order valence-electron chi connectivity index (χ0n) is 9.31. The summed E-state index contributed by atoms with van der Waals surface area (Å²) >= 11 is 0. The predicted molar refractivity (Wildman–Crippen MR) is 57.9 cm³/mol. The Hall–Kier alpha value is -0.570. The maximum absolute atomic E-state index is 11.0. The molecule has 3 N–H and O–H groups in total. The van der Waals surface area contributed by atoms with Gasteiger partial charge >= 0.3 is 0 Å². The molecule has 2 unspecified atom stereocenters. The van der Waals surface area contributed by atoms with Crippen LogP contribution in [0.25, 0.3) is 0 Å². The van der Waals surface area contributed by atoms with E-state index in [1.54, 1.807) is 0 Å².